The van der Waals surface area contributed by atoms with Crippen molar-refractivity contribution in [1.82, 2.24) is 29.7 Å². The van der Waals surface area contributed by atoms with Crippen molar-refractivity contribution >= 4 is 40.3 Å². The molecule has 1 aromatic heterocycles. The number of nitrogens with one attached hydrogen (secondary N) is 1. The molecule has 1 aromatic carbocycles. The first kappa shape index (κ1) is 42.9. The molecule has 1 amide bonds. The number of carbonyl (C=O) groups is 2. The van der Waals surface area contributed by atoms with Gasteiger partial charge < -0.3 is 34.1 Å². The van der Waals surface area contributed by atoms with Crippen molar-refractivity contribution in [2.24, 2.45) is 16.1 Å². The first-order valence-corrected chi connectivity index (χ1v) is 23.1. The van der Waals surface area contributed by atoms with E-state index in [0.29, 0.717) is 65.3 Å². The van der Waals surface area contributed by atoms with Crippen LogP contribution in [-0.4, -0.2) is 177 Å². The Hall–Kier alpha value is -3.41. The van der Waals surface area contributed by atoms with Crippen molar-refractivity contribution in [3.05, 3.63) is 35.2 Å². The first-order valence-electron chi connectivity index (χ1n) is 23.1. The lowest BCUT2D eigenvalue weighted by molar-refractivity contribution is -0.156. The van der Waals surface area contributed by atoms with E-state index < -0.39 is 17.5 Å². The minimum absolute atomic E-state index is 0.189. The molecule has 2 aromatic rings. The molecule has 0 spiro atoms. The molecule has 6 atom stereocenters. The number of aliphatic imine (C=N–C) groups is 1. The lowest BCUT2D eigenvalue weighted by Crippen LogP contribution is -2.68. The van der Waals surface area contributed by atoms with Crippen LogP contribution in [0, 0.1) is 5.41 Å². The van der Waals surface area contributed by atoms with Crippen LogP contribution in [0.25, 0.3) is 16.5 Å². The van der Waals surface area contributed by atoms with Crippen LogP contribution in [0.3, 0.4) is 0 Å². The largest absolute Gasteiger partial charge is 0.464 e. The second-order valence-corrected chi connectivity index (χ2v) is 19.1. The predicted molar refractivity (Wildman–Crippen MR) is 236 cm³/mol. The lowest BCUT2D eigenvalue weighted by atomic mass is 9.83. The van der Waals surface area contributed by atoms with E-state index in [2.05, 4.69) is 81.7 Å². The van der Waals surface area contributed by atoms with Crippen molar-refractivity contribution in [1.29, 1.82) is 0 Å². The minimum Gasteiger partial charge on any atom is -0.464 e. The monoisotopic (exact) mass is 844 g/mol. The number of aryl methyl sites for hydroxylation is 1. The molecule has 15 heteroatoms. The van der Waals surface area contributed by atoms with Crippen LogP contribution < -0.4 is 16.1 Å². The van der Waals surface area contributed by atoms with E-state index in [1.54, 1.807) is 12.1 Å². The highest BCUT2D eigenvalue weighted by atomic mass is 16.5. The molecule has 1 aliphatic carbocycles. The molecule has 0 radical (unpaired) electrons. The molecule has 9 rings (SSSR count). The van der Waals surface area contributed by atoms with E-state index in [9.17, 15) is 9.59 Å². The molecule has 6 bridgehead atoms. The second-order valence-electron chi connectivity index (χ2n) is 19.1. The fourth-order valence-electron chi connectivity index (χ4n) is 10.9. The van der Waals surface area contributed by atoms with Gasteiger partial charge >= 0.3 is 5.97 Å². The highest BCUT2D eigenvalue weighted by Crippen LogP contribution is 2.43. The number of ether oxygens (including phenoxy) is 4. The minimum atomic E-state index is -0.876. The van der Waals surface area contributed by atoms with Gasteiger partial charge in [0.15, 0.2) is 0 Å². The Morgan fingerprint density at radius 1 is 0.984 bits per heavy atom. The van der Waals surface area contributed by atoms with E-state index in [0.717, 1.165) is 63.1 Å². The zero-order valence-electron chi connectivity index (χ0n) is 37.2. The van der Waals surface area contributed by atoms with Gasteiger partial charge in [0.05, 0.1) is 56.1 Å². The first-order chi connectivity index (χ1) is 29.5. The van der Waals surface area contributed by atoms with Gasteiger partial charge in [0.1, 0.15) is 12.1 Å². The maximum atomic E-state index is 14.3. The molecule has 5 fully saturated rings. The van der Waals surface area contributed by atoms with E-state index in [1.165, 1.54) is 40.6 Å². The fourth-order valence-corrected chi connectivity index (χ4v) is 10.9. The summed E-state index contributed by atoms with van der Waals surface area (Å²) >= 11 is 0. The number of rotatable bonds is 7. The van der Waals surface area contributed by atoms with Crippen LogP contribution in [-0.2, 0) is 41.5 Å². The number of benzene rings is 1. The van der Waals surface area contributed by atoms with Crippen LogP contribution in [0.15, 0.2) is 28.9 Å². The number of piperazine rings is 1. The van der Waals surface area contributed by atoms with Crippen molar-refractivity contribution < 1.29 is 28.5 Å². The number of amides is 1. The summed E-state index contributed by atoms with van der Waals surface area (Å²) in [6.07, 6.45) is 7.10. The van der Waals surface area contributed by atoms with Gasteiger partial charge in [-0.1, -0.05) is 13.8 Å². The number of nitrogens with two attached hydrogens (primary N) is 1. The standard InChI is InChI=1S/C46H69N9O6/c1-6-54-38-12-11-32-24-34(38)36(42(54)35-25-33(27-48-41(35)30(2)58-5)51-16-14-50(15-17-51)31-9-10-31)26-46(3,4)29-61-45(57)37-8-7-13-55(49-37)44(56)40(47)43(52-18-21-59-22-19-52)39-28-53(32)20-23-60-39/h11-12,24,27,30-31,33,37,39-40,43,49H,6-10,13-23,25-26,28-29,47H2,1-5H3/t30-,33?,37-,39+,40-,43+/m0/s1. The Labute approximate surface area is 361 Å². The lowest BCUT2D eigenvalue weighted by Gasteiger charge is -2.46. The van der Waals surface area contributed by atoms with Crippen LogP contribution >= 0.6 is 0 Å². The Bertz CT molecular complexity index is 1980. The van der Waals surface area contributed by atoms with E-state index in [-0.39, 0.29) is 42.8 Å². The van der Waals surface area contributed by atoms with Gasteiger partial charge in [0, 0.05) is 118 Å². The highest BCUT2D eigenvalue weighted by molar-refractivity contribution is 5.94. The summed E-state index contributed by atoms with van der Waals surface area (Å²) < 4.78 is 27.1. The molecule has 61 heavy (non-hydrogen) atoms. The van der Waals surface area contributed by atoms with Crippen molar-refractivity contribution in [2.45, 2.75) is 115 Å². The molecule has 6 aliphatic heterocycles. The van der Waals surface area contributed by atoms with Crippen molar-refractivity contribution in [3.63, 3.8) is 0 Å². The molecule has 4 saturated heterocycles. The van der Waals surface area contributed by atoms with Gasteiger partial charge in [0.2, 0.25) is 0 Å². The Kier molecular flexibility index (Phi) is 12.6. The fraction of sp³-hybridized carbons (Fsp3) is 0.717. The number of methoxy groups -OCH3 is 1. The topological polar surface area (TPSA) is 143 Å². The van der Waals surface area contributed by atoms with Gasteiger partial charge in [-0.3, -0.25) is 34.3 Å². The molecule has 7 aliphatic rings. The molecular formula is C46H69N9O6. The zero-order valence-corrected chi connectivity index (χ0v) is 37.2. The van der Waals surface area contributed by atoms with Gasteiger partial charge in [-0.05, 0) is 76.1 Å². The quantitative estimate of drug-likeness (QED) is 0.396. The van der Waals surface area contributed by atoms with Gasteiger partial charge in [-0.2, -0.15) is 0 Å². The Morgan fingerprint density at radius 2 is 1.75 bits per heavy atom. The smallest absolute Gasteiger partial charge is 0.324 e. The third-order valence-electron chi connectivity index (χ3n) is 14.4. The van der Waals surface area contributed by atoms with Crippen LogP contribution in [0.4, 0.5) is 5.69 Å². The average molecular weight is 844 g/mol. The van der Waals surface area contributed by atoms with Crippen molar-refractivity contribution in [3.8, 4) is 0 Å². The third-order valence-corrected chi connectivity index (χ3v) is 14.4. The summed E-state index contributed by atoms with van der Waals surface area (Å²) in [5.41, 5.74) is 16.8. The summed E-state index contributed by atoms with van der Waals surface area (Å²) in [6.45, 7) is 18.8. The average Bonchev–Trinajstić information content (AvgIpc) is 4.11. The number of hydrogen-bond acceptors (Lipinski definition) is 13. The third kappa shape index (κ3) is 8.78. The molecule has 1 saturated carbocycles. The Morgan fingerprint density at radius 3 is 2.49 bits per heavy atom. The summed E-state index contributed by atoms with van der Waals surface area (Å²) in [6, 6.07) is 5.96. The number of cyclic esters (lactones) is 1. The van der Waals surface area contributed by atoms with Crippen LogP contribution in [0.5, 0.6) is 0 Å². The van der Waals surface area contributed by atoms with E-state index in [1.807, 2.05) is 0 Å². The number of hydrogen-bond donors (Lipinski definition) is 2. The summed E-state index contributed by atoms with van der Waals surface area (Å²) in [5.74, 6) is -0.582. The van der Waals surface area contributed by atoms with E-state index in [4.69, 9.17) is 29.7 Å². The number of esters is 1. The molecule has 3 N–H and O–H groups in total. The molecule has 15 nitrogen and oxygen atoms in total. The molecule has 7 heterocycles. The summed E-state index contributed by atoms with van der Waals surface area (Å²) in [7, 11) is 1.77. The normalized spacial score (nSPS) is 30.8. The summed E-state index contributed by atoms with van der Waals surface area (Å²) in [4.78, 5) is 43.4. The van der Waals surface area contributed by atoms with Gasteiger partial charge in [0.25, 0.3) is 5.91 Å². The molecule has 334 valence electrons. The van der Waals surface area contributed by atoms with E-state index >= 15 is 0 Å². The maximum Gasteiger partial charge on any atom is 0.324 e. The number of anilines is 1. The predicted octanol–water partition coefficient (Wildman–Crippen LogP) is 2.88. The van der Waals surface area contributed by atoms with Gasteiger partial charge in [-0.15, -0.1) is 0 Å². The molecule has 1 unspecified atom stereocenters. The maximum absolute atomic E-state index is 14.3. The van der Waals surface area contributed by atoms with Crippen molar-refractivity contribution in [2.75, 3.05) is 97.3 Å². The SMILES string of the molecule is CCn1c(C2=C([C@H](C)OC)N=CC(N3CCN(C4CC4)CC3)C2)c2c3cc(ccc31)N1CCO[C@H](C1)[C@@H](N1CCOCC1)[C@H](N)C(=O)N1CCC[C@H](N1)C(=O)OCC(C)(C)C2. The highest BCUT2D eigenvalue weighted by Gasteiger charge is 2.43. The van der Waals surface area contributed by atoms with Gasteiger partial charge in [-0.25, -0.2) is 5.43 Å². The van der Waals surface area contributed by atoms with Crippen LogP contribution in [0.2, 0.25) is 0 Å². The number of hydrazine groups is 1. The number of fused-ring (bicyclic) bond motifs is 6. The number of aromatic nitrogens is 1. The second kappa shape index (κ2) is 18.0. The number of nitrogens with zero attached hydrogens (tertiary/aromatic N) is 7. The number of morpholine rings is 2. The zero-order chi connectivity index (χ0) is 42.4. The number of carbonyl (C=O) groups excluding carboxylic acids is 2. The van der Waals surface area contributed by atoms with Crippen LogP contribution in [0.1, 0.15) is 71.1 Å². The Balaban J connectivity index is 1.14. The summed E-state index contributed by atoms with van der Waals surface area (Å²) in [5, 5.41) is 2.75. The molecular weight excluding hydrogens is 775 g/mol.